The molecule has 1 heterocycles. The molecule has 0 atom stereocenters. The van der Waals surface area contributed by atoms with Gasteiger partial charge in [0.15, 0.2) is 5.16 Å². The third kappa shape index (κ3) is 5.73. The topological polar surface area (TPSA) is 59.8 Å². The molecule has 0 fully saturated rings. The van der Waals surface area contributed by atoms with Gasteiger partial charge in [0.25, 0.3) is 0 Å². The Bertz CT molecular complexity index is 1200. The second kappa shape index (κ2) is 10.7. The Labute approximate surface area is 200 Å². The largest absolute Gasteiger partial charge is 0.325 e. The van der Waals surface area contributed by atoms with Gasteiger partial charge in [-0.15, -0.1) is 22.0 Å². The number of thioether (sulfide) groups is 2. The lowest BCUT2D eigenvalue weighted by Crippen LogP contribution is -2.14. The molecule has 5 nitrogen and oxygen atoms in total. The average Bonchev–Trinajstić information content (AvgIpc) is 3.21. The van der Waals surface area contributed by atoms with E-state index in [1.165, 1.54) is 16.7 Å². The van der Waals surface area contributed by atoms with Crippen molar-refractivity contribution in [3.63, 3.8) is 0 Å². The number of hydrogen-bond acceptors (Lipinski definition) is 5. The Morgan fingerprint density at radius 3 is 2.50 bits per heavy atom. The van der Waals surface area contributed by atoms with Gasteiger partial charge in [0.1, 0.15) is 5.82 Å². The summed E-state index contributed by atoms with van der Waals surface area (Å²) in [6.07, 6.45) is 2.71. The molecule has 0 radical (unpaired) electrons. The van der Waals surface area contributed by atoms with E-state index in [4.69, 9.17) is 11.6 Å². The van der Waals surface area contributed by atoms with Gasteiger partial charge in [-0.25, -0.2) is 0 Å². The van der Waals surface area contributed by atoms with Crippen LogP contribution in [0, 0.1) is 0 Å². The quantitative estimate of drug-likeness (QED) is 0.315. The fraction of sp³-hybridized carbons (Fsp3) is 0.125. The second-order valence-corrected chi connectivity index (χ2v) is 9.20. The zero-order valence-electron chi connectivity index (χ0n) is 17.4. The van der Waals surface area contributed by atoms with E-state index in [9.17, 15) is 4.79 Å². The van der Waals surface area contributed by atoms with E-state index in [0.29, 0.717) is 22.3 Å². The number of para-hydroxylation sites is 1. The molecule has 0 saturated carbocycles. The minimum absolute atomic E-state index is 0.130. The number of aromatic nitrogens is 3. The number of nitrogens with zero attached hydrogens (tertiary/aromatic N) is 3. The first kappa shape index (κ1) is 22.5. The van der Waals surface area contributed by atoms with Crippen molar-refractivity contribution in [2.45, 2.75) is 16.5 Å². The zero-order chi connectivity index (χ0) is 22.3. The van der Waals surface area contributed by atoms with Crippen LogP contribution in [-0.4, -0.2) is 32.7 Å². The van der Waals surface area contributed by atoms with Crippen molar-refractivity contribution in [3.05, 3.63) is 95.3 Å². The van der Waals surface area contributed by atoms with Gasteiger partial charge >= 0.3 is 0 Å². The highest BCUT2D eigenvalue weighted by Gasteiger charge is 2.16. The summed E-state index contributed by atoms with van der Waals surface area (Å²) in [6.45, 7) is 0. The van der Waals surface area contributed by atoms with Crippen molar-refractivity contribution < 1.29 is 4.79 Å². The molecule has 8 heteroatoms. The molecular weight excluding hydrogens is 460 g/mol. The van der Waals surface area contributed by atoms with Crippen molar-refractivity contribution in [2.75, 3.05) is 17.3 Å². The van der Waals surface area contributed by atoms with Crippen LogP contribution >= 0.6 is 35.1 Å². The standard InChI is InChI=1S/C24H21ClN4OS2/c1-31-21-12-10-17(11-13-21)14-22-27-28-24(29(22)20-8-3-2-4-9-20)32-16-23(30)26-19-7-5-6-18(25)15-19/h2-13,15H,14,16H2,1H3,(H,26,30). The van der Waals surface area contributed by atoms with Gasteiger partial charge in [-0.05, 0) is 54.3 Å². The van der Waals surface area contributed by atoms with Gasteiger partial charge in [0, 0.05) is 27.7 Å². The first-order valence-electron chi connectivity index (χ1n) is 9.93. The lowest BCUT2D eigenvalue weighted by atomic mass is 10.1. The molecule has 1 amide bonds. The fourth-order valence-corrected chi connectivity index (χ4v) is 4.53. The van der Waals surface area contributed by atoms with Crippen LogP contribution in [0.5, 0.6) is 0 Å². The first-order chi connectivity index (χ1) is 15.6. The highest BCUT2D eigenvalue weighted by molar-refractivity contribution is 7.99. The van der Waals surface area contributed by atoms with Crippen LogP contribution in [0.25, 0.3) is 5.69 Å². The van der Waals surface area contributed by atoms with Crippen molar-refractivity contribution in [2.24, 2.45) is 0 Å². The van der Waals surface area contributed by atoms with Gasteiger partial charge in [-0.2, -0.15) is 0 Å². The van der Waals surface area contributed by atoms with Crippen molar-refractivity contribution in [1.82, 2.24) is 14.8 Å². The van der Waals surface area contributed by atoms with Crippen molar-refractivity contribution in [3.8, 4) is 5.69 Å². The Morgan fingerprint density at radius 1 is 1.00 bits per heavy atom. The molecule has 4 rings (SSSR count). The van der Waals surface area contributed by atoms with Crippen LogP contribution in [0.4, 0.5) is 5.69 Å². The molecule has 0 saturated heterocycles. The van der Waals surface area contributed by atoms with E-state index in [2.05, 4.69) is 46.0 Å². The minimum Gasteiger partial charge on any atom is -0.325 e. The maximum Gasteiger partial charge on any atom is 0.234 e. The van der Waals surface area contributed by atoms with Crippen molar-refractivity contribution in [1.29, 1.82) is 0 Å². The highest BCUT2D eigenvalue weighted by atomic mass is 35.5. The van der Waals surface area contributed by atoms with E-state index in [0.717, 1.165) is 17.1 Å². The number of hydrogen-bond donors (Lipinski definition) is 1. The number of carbonyl (C=O) groups is 1. The monoisotopic (exact) mass is 480 g/mol. The predicted octanol–water partition coefficient (Wildman–Crippen LogP) is 5.96. The molecule has 0 aliphatic rings. The highest BCUT2D eigenvalue weighted by Crippen LogP contribution is 2.25. The summed E-state index contributed by atoms with van der Waals surface area (Å²) in [6, 6.07) is 25.5. The van der Waals surface area contributed by atoms with Crippen LogP contribution < -0.4 is 5.32 Å². The number of rotatable bonds is 8. The zero-order valence-corrected chi connectivity index (χ0v) is 19.8. The van der Waals surface area contributed by atoms with E-state index >= 15 is 0 Å². The molecule has 0 bridgehead atoms. The average molecular weight is 481 g/mol. The normalized spacial score (nSPS) is 10.8. The molecular formula is C24H21ClN4OS2. The van der Waals surface area contributed by atoms with Crippen molar-refractivity contribution >= 4 is 46.7 Å². The van der Waals surface area contributed by atoms with Gasteiger partial charge in [-0.3, -0.25) is 9.36 Å². The summed E-state index contributed by atoms with van der Waals surface area (Å²) in [5, 5.41) is 12.9. The molecule has 32 heavy (non-hydrogen) atoms. The lowest BCUT2D eigenvalue weighted by Gasteiger charge is -2.11. The maximum atomic E-state index is 12.5. The van der Waals surface area contributed by atoms with Gasteiger partial charge < -0.3 is 5.32 Å². The third-order valence-corrected chi connectivity index (χ3v) is 6.58. The minimum atomic E-state index is -0.130. The third-order valence-electron chi connectivity index (χ3n) is 4.68. The maximum absolute atomic E-state index is 12.5. The summed E-state index contributed by atoms with van der Waals surface area (Å²) < 4.78 is 2.01. The lowest BCUT2D eigenvalue weighted by molar-refractivity contribution is -0.113. The Morgan fingerprint density at radius 2 is 1.78 bits per heavy atom. The van der Waals surface area contributed by atoms with E-state index < -0.39 is 0 Å². The fourth-order valence-electron chi connectivity index (χ4n) is 3.16. The Hall–Kier alpha value is -2.74. The van der Waals surface area contributed by atoms with Crippen LogP contribution in [0.2, 0.25) is 5.02 Å². The number of benzene rings is 3. The number of nitrogens with one attached hydrogen (secondary N) is 1. The molecule has 0 aliphatic heterocycles. The van der Waals surface area contributed by atoms with Crippen LogP contribution in [-0.2, 0) is 11.2 Å². The molecule has 0 unspecified atom stereocenters. The van der Waals surface area contributed by atoms with E-state index in [-0.39, 0.29) is 11.7 Å². The van der Waals surface area contributed by atoms with Gasteiger partial charge in [0.2, 0.25) is 5.91 Å². The van der Waals surface area contributed by atoms with Crippen LogP contribution in [0.1, 0.15) is 11.4 Å². The number of carbonyl (C=O) groups excluding carboxylic acids is 1. The molecule has 0 spiro atoms. The second-order valence-electron chi connectivity index (χ2n) is 6.94. The smallest absolute Gasteiger partial charge is 0.234 e. The molecule has 0 aliphatic carbocycles. The summed E-state index contributed by atoms with van der Waals surface area (Å²) >= 11 is 9.07. The first-order valence-corrected chi connectivity index (χ1v) is 12.5. The molecule has 1 aromatic heterocycles. The Kier molecular flexibility index (Phi) is 7.52. The van der Waals surface area contributed by atoms with Crippen LogP contribution in [0.3, 0.4) is 0 Å². The van der Waals surface area contributed by atoms with Crippen LogP contribution in [0.15, 0.2) is 88.9 Å². The van der Waals surface area contributed by atoms with E-state index in [1.54, 1.807) is 36.0 Å². The molecule has 4 aromatic rings. The Balaban J connectivity index is 1.53. The molecule has 3 aromatic carbocycles. The summed E-state index contributed by atoms with van der Waals surface area (Å²) in [4.78, 5) is 13.7. The SMILES string of the molecule is CSc1ccc(Cc2nnc(SCC(=O)Nc3cccc(Cl)c3)n2-c2ccccc2)cc1. The van der Waals surface area contributed by atoms with Gasteiger partial charge in [-0.1, -0.05) is 59.8 Å². The number of anilines is 1. The number of amides is 1. The summed E-state index contributed by atoms with van der Waals surface area (Å²) in [5.74, 6) is 0.903. The predicted molar refractivity (Wildman–Crippen MR) is 133 cm³/mol. The van der Waals surface area contributed by atoms with Gasteiger partial charge in [0.05, 0.1) is 5.75 Å². The summed E-state index contributed by atoms with van der Waals surface area (Å²) in [7, 11) is 0. The summed E-state index contributed by atoms with van der Waals surface area (Å²) in [5.41, 5.74) is 2.79. The molecule has 162 valence electrons. The molecule has 1 N–H and O–H groups in total. The number of halogens is 1. The van der Waals surface area contributed by atoms with E-state index in [1.807, 2.05) is 34.9 Å².